The number of hydrogen-bond donors (Lipinski definition) is 1. The van der Waals surface area contributed by atoms with E-state index in [-0.39, 0.29) is 12.1 Å². The Morgan fingerprint density at radius 2 is 1.84 bits per heavy atom. The average molecular weight is 253 g/mol. The van der Waals surface area contributed by atoms with Crippen molar-refractivity contribution >= 4 is 0 Å². The molecule has 0 spiro atoms. The van der Waals surface area contributed by atoms with E-state index in [1.54, 1.807) is 0 Å². The summed E-state index contributed by atoms with van der Waals surface area (Å²) in [6, 6.07) is 16.5. The van der Waals surface area contributed by atoms with Gasteiger partial charge in [0.25, 0.3) is 0 Å². The Morgan fingerprint density at radius 3 is 2.63 bits per heavy atom. The normalized spacial score (nSPS) is 21.2. The van der Waals surface area contributed by atoms with Crippen LogP contribution in [0.2, 0.25) is 0 Å². The SMILES string of the molecule is CCc1ccccc1OC1Cc2ccccc2C1N. The van der Waals surface area contributed by atoms with Crippen molar-refractivity contribution in [2.24, 2.45) is 5.73 Å². The Hall–Kier alpha value is -1.80. The zero-order valence-electron chi connectivity index (χ0n) is 11.2. The number of nitrogens with two attached hydrogens (primary N) is 1. The first kappa shape index (κ1) is 12.2. The van der Waals surface area contributed by atoms with Gasteiger partial charge in [0, 0.05) is 6.42 Å². The monoisotopic (exact) mass is 253 g/mol. The Morgan fingerprint density at radius 1 is 1.11 bits per heavy atom. The second-order valence-corrected chi connectivity index (χ2v) is 5.05. The van der Waals surface area contributed by atoms with Crippen molar-refractivity contribution in [3.63, 3.8) is 0 Å². The van der Waals surface area contributed by atoms with Gasteiger partial charge in [-0.2, -0.15) is 0 Å². The third kappa shape index (κ3) is 2.24. The zero-order chi connectivity index (χ0) is 13.2. The summed E-state index contributed by atoms with van der Waals surface area (Å²) in [5.74, 6) is 0.971. The lowest BCUT2D eigenvalue weighted by atomic mass is 10.1. The van der Waals surface area contributed by atoms with Gasteiger partial charge in [0.2, 0.25) is 0 Å². The van der Waals surface area contributed by atoms with Crippen LogP contribution in [0.4, 0.5) is 0 Å². The van der Waals surface area contributed by atoms with Crippen LogP contribution in [0.15, 0.2) is 48.5 Å². The topological polar surface area (TPSA) is 35.2 Å². The molecule has 0 amide bonds. The molecule has 2 nitrogen and oxygen atoms in total. The Labute approximate surface area is 114 Å². The van der Waals surface area contributed by atoms with E-state index >= 15 is 0 Å². The molecule has 1 aliphatic rings. The number of fused-ring (bicyclic) bond motifs is 1. The first-order chi connectivity index (χ1) is 9.29. The minimum atomic E-state index is -0.0267. The molecule has 0 aromatic heterocycles. The first-order valence-corrected chi connectivity index (χ1v) is 6.87. The van der Waals surface area contributed by atoms with E-state index in [2.05, 4.69) is 37.3 Å². The lowest BCUT2D eigenvalue weighted by Gasteiger charge is -2.20. The van der Waals surface area contributed by atoms with Crippen LogP contribution >= 0.6 is 0 Å². The third-order valence-corrected chi connectivity index (χ3v) is 3.87. The van der Waals surface area contributed by atoms with Crippen molar-refractivity contribution in [1.82, 2.24) is 0 Å². The molecule has 3 rings (SSSR count). The Kier molecular flexibility index (Phi) is 3.26. The van der Waals surface area contributed by atoms with Gasteiger partial charge in [0.1, 0.15) is 11.9 Å². The summed E-state index contributed by atoms with van der Waals surface area (Å²) >= 11 is 0. The van der Waals surface area contributed by atoms with Crippen molar-refractivity contribution in [2.75, 3.05) is 0 Å². The number of rotatable bonds is 3. The van der Waals surface area contributed by atoms with Crippen LogP contribution in [0.5, 0.6) is 5.75 Å². The van der Waals surface area contributed by atoms with E-state index in [9.17, 15) is 0 Å². The summed E-state index contributed by atoms with van der Waals surface area (Å²) in [6.07, 6.45) is 1.92. The zero-order valence-corrected chi connectivity index (χ0v) is 11.2. The van der Waals surface area contributed by atoms with Crippen molar-refractivity contribution in [3.8, 4) is 5.75 Å². The van der Waals surface area contributed by atoms with Crippen molar-refractivity contribution in [2.45, 2.75) is 31.9 Å². The summed E-state index contributed by atoms with van der Waals surface area (Å²) in [5, 5.41) is 0. The smallest absolute Gasteiger partial charge is 0.123 e. The van der Waals surface area contributed by atoms with Gasteiger partial charge < -0.3 is 10.5 Å². The summed E-state index contributed by atoms with van der Waals surface area (Å²) < 4.78 is 6.17. The van der Waals surface area contributed by atoms with Crippen molar-refractivity contribution in [3.05, 3.63) is 65.2 Å². The minimum Gasteiger partial charge on any atom is -0.488 e. The van der Waals surface area contributed by atoms with E-state index in [1.807, 2.05) is 18.2 Å². The number of benzene rings is 2. The third-order valence-electron chi connectivity index (χ3n) is 3.87. The number of ether oxygens (including phenoxy) is 1. The molecule has 0 bridgehead atoms. The molecule has 0 saturated heterocycles. The number of hydrogen-bond acceptors (Lipinski definition) is 2. The molecule has 2 aromatic rings. The van der Waals surface area contributed by atoms with E-state index in [4.69, 9.17) is 10.5 Å². The highest BCUT2D eigenvalue weighted by Crippen LogP contribution is 2.33. The Balaban J connectivity index is 1.83. The van der Waals surface area contributed by atoms with Crippen LogP contribution in [0.1, 0.15) is 29.7 Å². The van der Waals surface area contributed by atoms with Crippen molar-refractivity contribution in [1.29, 1.82) is 0 Å². The highest BCUT2D eigenvalue weighted by Gasteiger charge is 2.31. The molecule has 2 N–H and O–H groups in total. The van der Waals surface area contributed by atoms with Crippen LogP contribution in [0.25, 0.3) is 0 Å². The maximum atomic E-state index is 6.30. The van der Waals surface area contributed by atoms with E-state index < -0.39 is 0 Å². The van der Waals surface area contributed by atoms with E-state index in [0.717, 1.165) is 18.6 Å². The van der Waals surface area contributed by atoms with Gasteiger partial charge in [0.05, 0.1) is 6.04 Å². The fraction of sp³-hybridized carbons (Fsp3) is 0.294. The lowest BCUT2D eigenvalue weighted by Crippen LogP contribution is -2.28. The molecule has 0 saturated carbocycles. The average Bonchev–Trinajstić information content (AvgIpc) is 2.77. The molecular formula is C17H19NO. The van der Waals surface area contributed by atoms with Crippen LogP contribution in [-0.2, 0) is 12.8 Å². The van der Waals surface area contributed by atoms with Gasteiger partial charge in [-0.05, 0) is 29.2 Å². The molecule has 0 fully saturated rings. The molecular weight excluding hydrogens is 234 g/mol. The van der Waals surface area contributed by atoms with Gasteiger partial charge in [0.15, 0.2) is 0 Å². The fourth-order valence-corrected chi connectivity index (χ4v) is 2.78. The van der Waals surface area contributed by atoms with Gasteiger partial charge in [-0.25, -0.2) is 0 Å². The predicted molar refractivity (Wildman–Crippen MR) is 77.3 cm³/mol. The molecule has 0 aliphatic heterocycles. The highest BCUT2D eigenvalue weighted by atomic mass is 16.5. The largest absolute Gasteiger partial charge is 0.488 e. The summed E-state index contributed by atoms with van der Waals surface area (Å²) in [6.45, 7) is 2.14. The van der Waals surface area contributed by atoms with Gasteiger partial charge in [-0.15, -0.1) is 0 Å². The van der Waals surface area contributed by atoms with Gasteiger partial charge in [-0.1, -0.05) is 49.4 Å². The molecule has 1 aliphatic carbocycles. The lowest BCUT2D eigenvalue weighted by molar-refractivity contribution is 0.183. The molecule has 2 unspecified atom stereocenters. The first-order valence-electron chi connectivity index (χ1n) is 6.87. The molecule has 2 heteroatoms. The molecule has 2 atom stereocenters. The van der Waals surface area contributed by atoms with Gasteiger partial charge in [-0.3, -0.25) is 0 Å². The fourth-order valence-electron chi connectivity index (χ4n) is 2.78. The van der Waals surface area contributed by atoms with Crippen LogP contribution in [0, 0.1) is 0 Å². The Bertz CT molecular complexity index is 579. The molecule has 19 heavy (non-hydrogen) atoms. The maximum absolute atomic E-state index is 6.30. The molecule has 98 valence electrons. The molecule has 0 radical (unpaired) electrons. The van der Waals surface area contributed by atoms with Crippen LogP contribution < -0.4 is 10.5 Å². The minimum absolute atomic E-state index is 0.0267. The van der Waals surface area contributed by atoms with E-state index in [1.165, 1.54) is 16.7 Å². The predicted octanol–water partition coefficient (Wildman–Crippen LogP) is 3.25. The number of para-hydroxylation sites is 1. The van der Waals surface area contributed by atoms with Crippen molar-refractivity contribution < 1.29 is 4.74 Å². The number of aryl methyl sites for hydroxylation is 1. The molecule has 2 aromatic carbocycles. The standard InChI is InChI=1S/C17H19NO/c1-2-12-7-4-6-10-15(12)19-16-11-13-8-3-5-9-14(13)17(16)18/h3-10,16-17H,2,11,18H2,1H3. The highest BCUT2D eigenvalue weighted by molar-refractivity contribution is 5.38. The van der Waals surface area contributed by atoms with E-state index in [0.29, 0.717) is 0 Å². The summed E-state index contributed by atoms with van der Waals surface area (Å²) in [4.78, 5) is 0. The summed E-state index contributed by atoms with van der Waals surface area (Å²) in [5.41, 5.74) is 10.1. The van der Waals surface area contributed by atoms with Gasteiger partial charge >= 0.3 is 0 Å². The quantitative estimate of drug-likeness (QED) is 0.911. The van der Waals surface area contributed by atoms with Crippen LogP contribution in [-0.4, -0.2) is 6.10 Å². The van der Waals surface area contributed by atoms with Crippen LogP contribution in [0.3, 0.4) is 0 Å². The molecule has 0 heterocycles. The maximum Gasteiger partial charge on any atom is 0.123 e. The second kappa shape index (κ2) is 5.06. The summed E-state index contributed by atoms with van der Waals surface area (Å²) in [7, 11) is 0. The second-order valence-electron chi connectivity index (χ2n) is 5.05.